The van der Waals surface area contributed by atoms with Gasteiger partial charge in [0.05, 0.1) is 5.02 Å². The molecule has 2 heterocycles. The molecule has 0 saturated carbocycles. The number of hydrogen-bond donors (Lipinski definition) is 1. The van der Waals surface area contributed by atoms with E-state index in [-0.39, 0.29) is 17.6 Å². The monoisotopic (exact) mass is 364 g/mol. The normalized spacial score (nSPS) is 21.3. The van der Waals surface area contributed by atoms with E-state index in [0.717, 1.165) is 31.5 Å². The Labute approximate surface area is 155 Å². The molecule has 2 saturated heterocycles. The van der Waals surface area contributed by atoms with Crippen LogP contribution in [0.5, 0.6) is 5.75 Å². The Bertz CT molecular complexity index is 593. The molecule has 138 valence electrons. The van der Waals surface area contributed by atoms with Crippen LogP contribution < -0.4 is 0 Å². The van der Waals surface area contributed by atoms with Gasteiger partial charge < -0.3 is 14.9 Å². The van der Waals surface area contributed by atoms with Crippen LogP contribution in [0.15, 0.2) is 18.2 Å². The number of carbonyl (C=O) groups is 1. The summed E-state index contributed by atoms with van der Waals surface area (Å²) >= 11 is 5.97. The average Bonchev–Trinajstić information content (AvgIpc) is 2.65. The molecule has 1 N–H and O–H groups in total. The molecule has 1 amide bonds. The van der Waals surface area contributed by atoms with Crippen molar-refractivity contribution in [1.29, 1.82) is 0 Å². The highest BCUT2D eigenvalue weighted by atomic mass is 35.5. The summed E-state index contributed by atoms with van der Waals surface area (Å²) in [4.78, 5) is 17.4. The Morgan fingerprint density at radius 2 is 1.88 bits per heavy atom. The molecule has 1 aromatic rings. The van der Waals surface area contributed by atoms with E-state index in [1.165, 1.54) is 32.4 Å². The number of likely N-dealkylation sites (tertiary alicyclic amines) is 2. The van der Waals surface area contributed by atoms with E-state index in [1.54, 1.807) is 12.1 Å². The molecule has 2 aliphatic rings. The number of nitrogens with zero attached hydrogens (tertiary/aromatic N) is 2. The van der Waals surface area contributed by atoms with Crippen molar-refractivity contribution in [2.75, 3.05) is 26.2 Å². The Kier molecular flexibility index (Phi) is 6.24. The second-order valence-electron chi connectivity index (χ2n) is 7.54. The number of benzene rings is 1. The van der Waals surface area contributed by atoms with Crippen molar-refractivity contribution >= 4 is 17.5 Å². The predicted molar refractivity (Wildman–Crippen MR) is 101 cm³/mol. The molecular weight excluding hydrogens is 336 g/mol. The van der Waals surface area contributed by atoms with Gasteiger partial charge in [0.1, 0.15) is 5.75 Å². The molecule has 2 fully saturated rings. The highest BCUT2D eigenvalue weighted by molar-refractivity contribution is 6.32. The Balaban J connectivity index is 1.50. The summed E-state index contributed by atoms with van der Waals surface area (Å²) in [6, 6.07) is 5.85. The third-order valence-corrected chi connectivity index (χ3v) is 5.96. The lowest BCUT2D eigenvalue weighted by Gasteiger charge is -2.40. The predicted octanol–water partition coefficient (Wildman–Crippen LogP) is 3.70. The van der Waals surface area contributed by atoms with Gasteiger partial charge in [-0.2, -0.15) is 0 Å². The summed E-state index contributed by atoms with van der Waals surface area (Å²) in [6.07, 6.45) is 6.88. The van der Waals surface area contributed by atoms with Crippen LogP contribution in [-0.4, -0.2) is 53.0 Å². The maximum atomic E-state index is 12.8. The minimum Gasteiger partial charge on any atom is -0.506 e. The van der Waals surface area contributed by atoms with Crippen LogP contribution in [0.2, 0.25) is 5.02 Å². The number of piperidine rings is 2. The molecule has 0 aromatic heterocycles. The minimum atomic E-state index is -0.0628. The van der Waals surface area contributed by atoms with E-state index >= 15 is 0 Å². The van der Waals surface area contributed by atoms with Crippen molar-refractivity contribution in [3.8, 4) is 5.75 Å². The van der Waals surface area contributed by atoms with Crippen LogP contribution in [0.3, 0.4) is 0 Å². The molecule has 2 aliphatic heterocycles. The zero-order valence-electron chi connectivity index (χ0n) is 15.1. The Morgan fingerprint density at radius 3 is 2.52 bits per heavy atom. The van der Waals surface area contributed by atoms with Gasteiger partial charge in [-0.25, -0.2) is 0 Å². The lowest BCUT2D eigenvalue weighted by atomic mass is 9.96. The van der Waals surface area contributed by atoms with Crippen LogP contribution in [0.4, 0.5) is 0 Å². The first-order chi connectivity index (χ1) is 12.0. The maximum Gasteiger partial charge on any atom is 0.225 e. The van der Waals surface area contributed by atoms with Gasteiger partial charge in [-0.3, -0.25) is 4.79 Å². The molecule has 0 unspecified atom stereocenters. The van der Waals surface area contributed by atoms with E-state index in [4.69, 9.17) is 11.6 Å². The number of hydrogen-bond acceptors (Lipinski definition) is 3. The lowest BCUT2D eigenvalue weighted by Crippen LogP contribution is -2.49. The van der Waals surface area contributed by atoms with Crippen molar-refractivity contribution in [3.63, 3.8) is 0 Å². The highest BCUT2D eigenvalue weighted by Gasteiger charge is 2.29. The highest BCUT2D eigenvalue weighted by Crippen LogP contribution is 2.26. The largest absolute Gasteiger partial charge is 0.506 e. The number of amides is 1. The van der Waals surface area contributed by atoms with E-state index in [9.17, 15) is 9.90 Å². The molecule has 4 nitrogen and oxygen atoms in total. The molecule has 3 rings (SSSR count). The van der Waals surface area contributed by atoms with Crippen LogP contribution in [0.25, 0.3) is 0 Å². The molecule has 0 aliphatic carbocycles. The van der Waals surface area contributed by atoms with Crippen molar-refractivity contribution in [2.45, 2.75) is 51.5 Å². The number of aromatic hydroxyl groups is 1. The van der Waals surface area contributed by atoms with E-state index in [1.807, 2.05) is 17.9 Å². The smallest absolute Gasteiger partial charge is 0.225 e. The van der Waals surface area contributed by atoms with Gasteiger partial charge in [0, 0.05) is 25.0 Å². The summed E-state index contributed by atoms with van der Waals surface area (Å²) < 4.78 is 0. The first-order valence-electron chi connectivity index (χ1n) is 9.55. The molecular formula is C20H29ClN2O2. The van der Waals surface area contributed by atoms with Gasteiger partial charge in [-0.15, -0.1) is 0 Å². The average molecular weight is 365 g/mol. The standard InChI is InChI=1S/C20H29ClN2O2/c1-15(13-16-5-6-19(24)18(21)14-16)20(25)23-11-7-17(8-12-23)22-9-3-2-4-10-22/h5-6,14-15,17,24H,2-4,7-13H2,1H3/t15-/m1/s1. The topological polar surface area (TPSA) is 43.8 Å². The second kappa shape index (κ2) is 8.41. The van der Waals surface area contributed by atoms with E-state index in [0.29, 0.717) is 17.5 Å². The van der Waals surface area contributed by atoms with Crippen LogP contribution in [0, 0.1) is 5.92 Å². The Morgan fingerprint density at radius 1 is 1.20 bits per heavy atom. The van der Waals surface area contributed by atoms with Crippen molar-refractivity contribution < 1.29 is 9.90 Å². The molecule has 25 heavy (non-hydrogen) atoms. The third kappa shape index (κ3) is 4.68. The van der Waals surface area contributed by atoms with Crippen molar-refractivity contribution in [3.05, 3.63) is 28.8 Å². The first kappa shape index (κ1) is 18.5. The number of phenolic OH excluding ortho intramolecular Hbond substituents is 1. The van der Waals surface area contributed by atoms with Gasteiger partial charge in [0.15, 0.2) is 0 Å². The lowest BCUT2D eigenvalue weighted by molar-refractivity contribution is -0.136. The maximum absolute atomic E-state index is 12.8. The first-order valence-corrected chi connectivity index (χ1v) is 9.92. The number of rotatable bonds is 4. The molecule has 0 spiro atoms. The zero-order valence-corrected chi connectivity index (χ0v) is 15.8. The fraction of sp³-hybridized carbons (Fsp3) is 0.650. The van der Waals surface area contributed by atoms with Gasteiger partial charge in [0.25, 0.3) is 0 Å². The zero-order chi connectivity index (χ0) is 17.8. The van der Waals surface area contributed by atoms with Crippen LogP contribution in [-0.2, 0) is 11.2 Å². The molecule has 1 atom stereocenters. The quantitative estimate of drug-likeness (QED) is 0.885. The number of phenols is 1. The van der Waals surface area contributed by atoms with Gasteiger partial charge in [-0.05, 0) is 62.9 Å². The van der Waals surface area contributed by atoms with Crippen molar-refractivity contribution in [2.24, 2.45) is 5.92 Å². The summed E-state index contributed by atoms with van der Waals surface area (Å²) in [7, 11) is 0. The fourth-order valence-electron chi connectivity index (χ4n) is 4.16. The summed E-state index contributed by atoms with van der Waals surface area (Å²) in [5.74, 6) is 0.262. The molecule has 5 heteroatoms. The minimum absolute atomic E-state index is 0.0628. The molecule has 1 aromatic carbocycles. The fourth-order valence-corrected chi connectivity index (χ4v) is 4.37. The number of halogens is 1. The SMILES string of the molecule is C[C@H](Cc1ccc(O)c(Cl)c1)C(=O)N1CCC(N2CCCCC2)CC1. The molecule has 0 bridgehead atoms. The second-order valence-corrected chi connectivity index (χ2v) is 7.95. The van der Waals surface area contributed by atoms with E-state index in [2.05, 4.69) is 4.90 Å². The van der Waals surface area contributed by atoms with Crippen LogP contribution >= 0.6 is 11.6 Å². The van der Waals surface area contributed by atoms with Crippen molar-refractivity contribution in [1.82, 2.24) is 9.80 Å². The Hall–Kier alpha value is -1.26. The van der Waals surface area contributed by atoms with Gasteiger partial charge in [0.2, 0.25) is 5.91 Å². The summed E-state index contributed by atoms with van der Waals surface area (Å²) in [5, 5.41) is 9.86. The summed E-state index contributed by atoms with van der Waals surface area (Å²) in [6.45, 7) is 6.20. The summed E-state index contributed by atoms with van der Waals surface area (Å²) in [5.41, 5.74) is 0.992. The van der Waals surface area contributed by atoms with Crippen LogP contribution in [0.1, 0.15) is 44.6 Å². The third-order valence-electron chi connectivity index (χ3n) is 5.66. The van der Waals surface area contributed by atoms with E-state index < -0.39 is 0 Å². The molecule has 0 radical (unpaired) electrons. The van der Waals surface area contributed by atoms with Gasteiger partial charge in [-0.1, -0.05) is 31.0 Å². The number of carbonyl (C=O) groups excluding carboxylic acids is 1. The van der Waals surface area contributed by atoms with Gasteiger partial charge >= 0.3 is 0 Å².